The van der Waals surface area contributed by atoms with Crippen LogP contribution in [0.4, 0.5) is 0 Å². The van der Waals surface area contributed by atoms with Crippen molar-refractivity contribution in [3.63, 3.8) is 0 Å². The molecule has 0 saturated carbocycles. The molecule has 0 radical (unpaired) electrons. The third kappa shape index (κ3) is 6.04. The molecule has 2 rings (SSSR count). The number of hydrogen-bond donors (Lipinski definition) is 2. The summed E-state index contributed by atoms with van der Waals surface area (Å²) in [6.07, 6.45) is 4.79. The minimum atomic E-state index is -3.49. The lowest BCUT2D eigenvalue weighted by Crippen LogP contribution is -2.41. The van der Waals surface area contributed by atoms with Crippen LogP contribution in [0.25, 0.3) is 0 Å². The van der Waals surface area contributed by atoms with Gasteiger partial charge in [0.1, 0.15) is 6.04 Å². The smallest absolute Gasteiger partial charge is 0.326 e. The van der Waals surface area contributed by atoms with Crippen molar-refractivity contribution in [2.45, 2.75) is 62.8 Å². The van der Waals surface area contributed by atoms with Gasteiger partial charge in [-0.2, -0.15) is 4.31 Å². The van der Waals surface area contributed by atoms with Crippen molar-refractivity contribution in [2.24, 2.45) is 0 Å². The first-order valence-electron chi connectivity index (χ1n) is 9.46. The highest BCUT2D eigenvalue weighted by Crippen LogP contribution is 2.21. The Morgan fingerprint density at radius 2 is 1.78 bits per heavy atom. The molecule has 1 aliphatic heterocycles. The molecule has 1 aliphatic rings. The highest BCUT2D eigenvalue weighted by molar-refractivity contribution is 7.89. The van der Waals surface area contributed by atoms with Gasteiger partial charge in [-0.15, -0.1) is 0 Å². The fraction of sp³-hybridized carbons (Fsp3) is 0.579. The molecule has 1 amide bonds. The van der Waals surface area contributed by atoms with Crippen LogP contribution in [0.15, 0.2) is 29.2 Å². The van der Waals surface area contributed by atoms with E-state index in [0.29, 0.717) is 25.1 Å². The van der Waals surface area contributed by atoms with Gasteiger partial charge in [-0.3, -0.25) is 4.79 Å². The summed E-state index contributed by atoms with van der Waals surface area (Å²) in [5, 5.41) is 11.7. The Bertz CT molecular complexity index is 740. The standard InChI is InChI=1S/C19H28N2O5S/c1-2-3-7-17(19(23)24)20-18(22)14-15-8-10-16(11-9-15)27(25,26)21-12-5-4-6-13-21/h8-11,17H,2-7,12-14H2,1H3,(H,20,22)(H,23,24)/t17-/m0/s1. The lowest BCUT2D eigenvalue weighted by Gasteiger charge is -2.25. The van der Waals surface area contributed by atoms with Crippen LogP contribution in [-0.4, -0.2) is 48.8 Å². The van der Waals surface area contributed by atoms with Gasteiger partial charge in [-0.25, -0.2) is 13.2 Å². The topological polar surface area (TPSA) is 104 Å². The molecule has 1 fully saturated rings. The van der Waals surface area contributed by atoms with Crippen molar-refractivity contribution < 1.29 is 23.1 Å². The number of nitrogens with one attached hydrogen (secondary N) is 1. The van der Waals surface area contributed by atoms with Gasteiger partial charge < -0.3 is 10.4 Å². The lowest BCUT2D eigenvalue weighted by atomic mass is 10.1. The van der Waals surface area contributed by atoms with Crippen LogP contribution in [0.3, 0.4) is 0 Å². The van der Waals surface area contributed by atoms with E-state index in [1.807, 2.05) is 6.92 Å². The molecule has 8 heteroatoms. The number of sulfonamides is 1. The first-order valence-corrected chi connectivity index (χ1v) is 10.9. The highest BCUT2D eigenvalue weighted by Gasteiger charge is 2.26. The van der Waals surface area contributed by atoms with E-state index in [2.05, 4.69) is 5.32 Å². The molecule has 1 aromatic carbocycles. The largest absolute Gasteiger partial charge is 0.480 e. The number of unbranched alkanes of at least 4 members (excludes halogenated alkanes) is 1. The molecule has 1 aromatic rings. The molecule has 2 N–H and O–H groups in total. The monoisotopic (exact) mass is 396 g/mol. The summed E-state index contributed by atoms with van der Waals surface area (Å²) in [5.41, 5.74) is 0.643. The highest BCUT2D eigenvalue weighted by atomic mass is 32.2. The number of hydrogen-bond acceptors (Lipinski definition) is 4. The van der Waals surface area contributed by atoms with Crippen molar-refractivity contribution in [3.05, 3.63) is 29.8 Å². The molecule has 0 bridgehead atoms. The molecule has 1 heterocycles. The molecule has 27 heavy (non-hydrogen) atoms. The van der Waals surface area contributed by atoms with Crippen LogP contribution < -0.4 is 5.32 Å². The Morgan fingerprint density at radius 3 is 2.33 bits per heavy atom. The summed E-state index contributed by atoms with van der Waals surface area (Å²) in [4.78, 5) is 23.6. The fourth-order valence-electron chi connectivity index (χ4n) is 3.13. The molecule has 0 aliphatic carbocycles. The Hall–Kier alpha value is -1.93. The lowest BCUT2D eigenvalue weighted by molar-refractivity contribution is -0.142. The van der Waals surface area contributed by atoms with Gasteiger partial charge in [-0.05, 0) is 37.0 Å². The van der Waals surface area contributed by atoms with E-state index in [1.165, 1.54) is 16.4 Å². The molecule has 1 atom stereocenters. The van der Waals surface area contributed by atoms with E-state index >= 15 is 0 Å². The summed E-state index contributed by atoms with van der Waals surface area (Å²) in [7, 11) is -3.49. The molecule has 0 aromatic heterocycles. The van der Waals surface area contributed by atoms with Crippen LogP contribution in [0.2, 0.25) is 0 Å². The van der Waals surface area contributed by atoms with Gasteiger partial charge in [0.25, 0.3) is 0 Å². The number of carbonyl (C=O) groups is 2. The maximum Gasteiger partial charge on any atom is 0.326 e. The minimum Gasteiger partial charge on any atom is -0.480 e. The van der Waals surface area contributed by atoms with Gasteiger partial charge in [0.2, 0.25) is 15.9 Å². The first-order chi connectivity index (χ1) is 12.8. The number of carboxylic acids is 1. The molecular formula is C19H28N2O5S. The third-order valence-electron chi connectivity index (χ3n) is 4.72. The summed E-state index contributed by atoms with van der Waals surface area (Å²) >= 11 is 0. The zero-order valence-corrected chi connectivity index (χ0v) is 16.5. The fourth-order valence-corrected chi connectivity index (χ4v) is 4.65. The normalized spacial score (nSPS) is 16.6. The summed E-state index contributed by atoms with van der Waals surface area (Å²) in [6, 6.07) is 5.35. The van der Waals surface area contributed by atoms with Crippen molar-refractivity contribution in [2.75, 3.05) is 13.1 Å². The maximum absolute atomic E-state index is 12.6. The molecule has 150 valence electrons. The van der Waals surface area contributed by atoms with E-state index in [-0.39, 0.29) is 17.2 Å². The molecular weight excluding hydrogens is 368 g/mol. The molecule has 0 unspecified atom stereocenters. The van der Waals surface area contributed by atoms with Crippen LogP contribution in [0, 0.1) is 0 Å². The number of aliphatic carboxylic acids is 1. The molecule has 0 spiro atoms. The van der Waals surface area contributed by atoms with Gasteiger partial charge >= 0.3 is 5.97 Å². The SMILES string of the molecule is CCCC[C@H](NC(=O)Cc1ccc(S(=O)(=O)N2CCCCC2)cc1)C(=O)O. The van der Waals surface area contributed by atoms with Crippen LogP contribution in [0.5, 0.6) is 0 Å². The van der Waals surface area contributed by atoms with Gasteiger partial charge in [0.15, 0.2) is 0 Å². The van der Waals surface area contributed by atoms with Crippen molar-refractivity contribution >= 4 is 21.9 Å². The van der Waals surface area contributed by atoms with Gasteiger partial charge in [-0.1, -0.05) is 38.3 Å². The Balaban J connectivity index is 1.98. The second kappa shape index (κ2) is 9.85. The van der Waals surface area contributed by atoms with Crippen molar-refractivity contribution in [1.29, 1.82) is 0 Å². The number of carbonyl (C=O) groups excluding carboxylic acids is 1. The Kier molecular flexibility index (Phi) is 7.79. The van der Waals surface area contributed by atoms with E-state index in [9.17, 15) is 23.1 Å². The molecule has 1 saturated heterocycles. The molecule has 7 nitrogen and oxygen atoms in total. The summed E-state index contributed by atoms with van der Waals surface area (Å²) < 4.78 is 26.7. The predicted molar refractivity (Wildman–Crippen MR) is 102 cm³/mol. The van der Waals surface area contributed by atoms with Gasteiger partial charge in [0.05, 0.1) is 11.3 Å². The predicted octanol–water partition coefficient (Wildman–Crippen LogP) is 2.16. The average Bonchev–Trinajstić information content (AvgIpc) is 2.66. The quantitative estimate of drug-likeness (QED) is 0.666. The Labute approximate surface area is 160 Å². The number of carboxylic acid groups (broad SMARTS) is 1. The van der Waals surface area contributed by atoms with Crippen molar-refractivity contribution in [1.82, 2.24) is 9.62 Å². The number of nitrogens with zero attached hydrogens (tertiary/aromatic N) is 1. The average molecular weight is 397 g/mol. The minimum absolute atomic E-state index is 0.0138. The third-order valence-corrected chi connectivity index (χ3v) is 6.63. The van der Waals surface area contributed by atoms with E-state index in [0.717, 1.165) is 32.1 Å². The van der Waals surface area contributed by atoms with E-state index in [4.69, 9.17) is 0 Å². The summed E-state index contributed by atoms with van der Waals surface area (Å²) in [5.74, 6) is -1.43. The zero-order chi connectivity index (χ0) is 19.9. The number of piperidine rings is 1. The van der Waals surface area contributed by atoms with Crippen LogP contribution >= 0.6 is 0 Å². The first kappa shape index (κ1) is 21.4. The number of rotatable bonds is 9. The second-order valence-electron chi connectivity index (χ2n) is 6.89. The second-order valence-corrected chi connectivity index (χ2v) is 8.82. The Morgan fingerprint density at radius 1 is 1.15 bits per heavy atom. The van der Waals surface area contributed by atoms with Gasteiger partial charge in [0, 0.05) is 13.1 Å². The zero-order valence-electron chi connectivity index (χ0n) is 15.7. The number of amides is 1. The van der Waals surface area contributed by atoms with E-state index in [1.54, 1.807) is 12.1 Å². The van der Waals surface area contributed by atoms with Crippen LogP contribution in [0.1, 0.15) is 51.0 Å². The van der Waals surface area contributed by atoms with Crippen LogP contribution in [-0.2, 0) is 26.0 Å². The maximum atomic E-state index is 12.6. The van der Waals surface area contributed by atoms with Crippen molar-refractivity contribution in [3.8, 4) is 0 Å². The van der Waals surface area contributed by atoms with E-state index < -0.39 is 22.0 Å². The number of benzene rings is 1. The summed E-state index contributed by atoms with van der Waals surface area (Å²) in [6.45, 7) is 3.04.